The molecular weight excluding hydrogens is 308 g/mol. The first-order valence-electron chi connectivity index (χ1n) is 7.91. The molecule has 0 spiro atoms. The van der Waals surface area contributed by atoms with E-state index in [9.17, 15) is 15.0 Å². The molecule has 0 aromatic heterocycles. The van der Waals surface area contributed by atoms with E-state index in [0.29, 0.717) is 11.3 Å². The number of methoxy groups -OCH3 is 1. The van der Waals surface area contributed by atoms with Gasteiger partial charge in [-0.05, 0) is 36.6 Å². The zero-order valence-electron chi connectivity index (χ0n) is 13.9. The fraction of sp³-hybridized carbons (Fsp3) is 0.316. The van der Waals surface area contributed by atoms with Crippen LogP contribution in [0.15, 0.2) is 47.4 Å². The number of phenolic OH excluding ortho intramolecular Hbond substituents is 1. The molecule has 2 N–H and O–H groups in total. The van der Waals surface area contributed by atoms with Crippen LogP contribution in [0.4, 0.5) is 0 Å². The number of Topliss-reactive ketones (excluding diaryl/α,β-unsaturated/α-hetero) is 1. The second-order valence-electron chi connectivity index (χ2n) is 5.96. The third-order valence-corrected chi connectivity index (χ3v) is 4.65. The van der Waals surface area contributed by atoms with Crippen LogP contribution < -0.4 is 4.74 Å². The number of carbonyl (C=O) groups excluding carboxylic acids is 1. The molecule has 2 unspecified atom stereocenters. The maximum absolute atomic E-state index is 12.7. The third kappa shape index (κ3) is 2.46. The Balaban J connectivity index is 2.05. The van der Waals surface area contributed by atoms with Gasteiger partial charge < -0.3 is 19.7 Å². The lowest BCUT2D eigenvalue weighted by Crippen LogP contribution is -2.33. The largest absolute Gasteiger partial charge is 0.504 e. The fourth-order valence-electron chi connectivity index (χ4n) is 3.24. The predicted molar refractivity (Wildman–Crippen MR) is 89.4 cm³/mol. The molecule has 1 heterocycles. The van der Waals surface area contributed by atoms with Crippen LogP contribution in [0.5, 0.6) is 11.5 Å². The molecule has 0 bridgehead atoms. The highest BCUT2D eigenvalue weighted by atomic mass is 16.5. The van der Waals surface area contributed by atoms with E-state index in [0.717, 1.165) is 12.0 Å². The lowest BCUT2D eigenvalue weighted by Gasteiger charge is -2.33. The van der Waals surface area contributed by atoms with E-state index < -0.39 is 11.7 Å². The van der Waals surface area contributed by atoms with Crippen LogP contribution in [0.25, 0.3) is 5.76 Å². The topological polar surface area (TPSA) is 76.0 Å². The second-order valence-corrected chi connectivity index (χ2v) is 5.96. The Morgan fingerprint density at radius 2 is 2.00 bits per heavy atom. The van der Waals surface area contributed by atoms with Crippen molar-refractivity contribution in [3.05, 3.63) is 53.0 Å². The number of allylic oxidation sites excluding steroid dienone is 5. The van der Waals surface area contributed by atoms with Gasteiger partial charge >= 0.3 is 0 Å². The molecular formula is C19H20O5. The van der Waals surface area contributed by atoms with Crippen LogP contribution in [0.3, 0.4) is 0 Å². The first-order chi connectivity index (χ1) is 11.5. The molecule has 126 valence electrons. The molecule has 0 fully saturated rings. The Kier molecular flexibility index (Phi) is 4.09. The van der Waals surface area contributed by atoms with Gasteiger partial charge in [-0.1, -0.05) is 25.5 Å². The van der Waals surface area contributed by atoms with Crippen molar-refractivity contribution in [3.8, 4) is 11.5 Å². The van der Waals surface area contributed by atoms with E-state index in [-0.39, 0.29) is 29.0 Å². The molecule has 0 saturated carbocycles. The van der Waals surface area contributed by atoms with Crippen molar-refractivity contribution < 1.29 is 24.5 Å². The number of hydrogen-bond acceptors (Lipinski definition) is 5. The standard InChI is InChI=1S/C19H20O5/c1-4-11-6-8-14-16(10(11)2)17(21)18(22)19(24-14)12-5-7-13(20)15(9-12)23-3/h5-10,16,20,22H,4H2,1-3H3. The van der Waals surface area contributed by atoms with Gasteiger partial charge in [0.2, 0.25) is 11.5 Å². The van der Waals surface area contributed by atoms with Gasteiger partial charge in [0.05, 0.1) is 13.0 Å². The van der Waals surface area contributed by atoms with Crippen molar-refractivity contribution in [2.24, 2.45) is 11.8 Å². The van der Waals surface area contributed by atoms with E-state index in [1.807, 2.05) is 19.9 Å². The highest BCUT2D eigenvalue weighted by molar-refractivity contribution is 6.04. The Labute approximate surface area is 140 Å². The molecule has 0 amide bonds. The van der Waals surface area contributed by atoms with Crippen molar-refractivity contribution in [2.75, 3.05) is 7.11 Å². The summed E-state index contributed by atoms with van der Waals surface area (Å²) in [5.74, 6) is -0.415. The number of aliphatic hydroxyl groups excluding tert-OH is 1. The Morgan fingerprint density at radius 3 is 2.67 bits per heavy atom. The molecule has 1 aliphatic carbocycles. The number of ketones is 1. The van der Waals surface area contributed by atoms with Crippen molar-refractivity contribution in [1.29, 1.82) is 0 Å². The molecule has 0 saturated heterocycles. The Hall–Kier alpha value is -2.69. The zero-order valence-corrected chi connectivity index (χ0v) is 13.9. The van der Waals surface area contributed by atoms with Gasteiger partial charge in [0.25, 0.3) is 0 Å². The van der Waals surface area contributed by atoms with Gasteiger partial charge in [0.1, 0.15) is 5.76 Å². The fourth-order valence-corrected chi connectivity index (χ4v) is 3.24. The number of aliphatic hydroxyl groups is 1. The van der Waals surface area contributed by atoms with Crippen molar-refractivity contribution >= 4 is 11.5 Å². The smallest absolute Gasteiger partial charge is 0.212 e. The SMILES string of the molecule is CCC1=CC=C2OC(c3ccc(O)c(OC)c3)=C(O)C(=O)C2C1C. The number of ether oxygens (including phenoxy) is 2. The van der Waals surface area contributed by atoms with Crippen LogP contribution in [-0.2, 0) is 9.53 Å². The van der Waals surface area contributed by atoms with Crippen molar-refractivity contribution in [1.82, 2.24) is 0 Å². The maximum Gasteiger partial charge on any atom is 0.212 e. The summed E-state index contributed by atoms with van der Waals surface area (Å²) < 4.78 is 10.9. The number of fused-ring (bicyclic) bond motifs is 1. The summed E-state index contributed by atoms with van der Waals surface area (Å²) in [6, 6.07) is 4.52. The lowest BCUT2D eigenvalue weighted by molar-refractivity contribution is -0.123. The summed E-state index contributed by atoms with van der Waals surface area (Å²) in [6.45, 7) is 4.01. The molecule has 5 nitrogen and oxygen atoms in total. The summed E-state index contributed by atoms with van der Waals surface area (Å²) >= 11 is 0. The van der Waals surface area contributed by atoms with E-state index >= 15 is 0 Å². The summed E-state index contributed by atoms with van der Waals surface area (Å²) in [4.78, 5) is 12.7. The first-order valence-corrected chi connectivity index (χ1v) is 7.91. The van der Waals surface area contributed by atoms with E-state index in [1.165, 1.54) is 19.2 Å². The van der Waals surface area contributed by atoms with Crippen molar-refractivity contribution in [3.63, 3.8) is 0 Å². The molecule has 2 atom stereocenters. The van der Waals surface area contributed by atoms with Gasteiger partial charge in [-0.15, -0.1) is 0 Å². The summed E-state index contributed by atoms with van der Waals surface area (Å²) in [5.41, 5.74) is 1.62. The minimum Gasteiger partial charge on any atom is -0.504 e. The summed E-state index contributed by atoms with van der Waals surface area (Å²) in [5, 5.41) is 20.1. The molecule has 1 aliphatic heterocycles. The number of benzene rings is 1. The zero-order chi connectivity index (χ0) is 17.4. The first kappa shape index (κ1) is 16.2. The molecule has 1 aromatic rings. The minimum atomic E-state index is -0.493. The van der Waals surface area contributed by atoms with Crippen LogP contribution in [-0.4, -0.2) is 23.1 Å². The molecule has 1 aromatic carbocycles. The lowest BCUT2D eigenvalue weighted by atomic mass is 9.77. The van der Waals surface area contributed by atoms with Crippen LogP contribution in [0.2, 0.25) is 0 Å². The molecule has 2 aliphatic rings. The highest BCUT2D eigenvalue weighted by Crippen LogP contribution is 2.42. The summed E-state index contributed by atoms with van der Waals surface area (Å²) in [6.07, 6.45) is 4.62. The predicted octanol–water partition coefficient (Wildman–Crippen LogP) is 3.71. The second kappa shape index (κ2) is 6.07. The van der Waals surface area contributed by atoms with Crippen LogP contribution in [0.1, 0.15) is 25.8 Å². The van der Waals surface area contributed by atoms with Gasteiger partial charge in [0.15, 0.2) is 17.3 Å². The highest BCUT2D eigenvalue weighted by Gasteiger charge is 2.41. The maximum atomic E-state index is 12.7. The molecule has 0 radical (unpaired) electrons. The number of phenols is 1. The normalized spacial score (nSPS) is 23.2. The Morgan fingerprint density at radius 1 is 1.25 bits per heavy atom. The number of carbonyl (C=O) groups is 1. The van der Waals surface area contributed by atoms with Crippen LogP contribution in [0, 0.1) is 11.8 Å². The monoisotopic (exact) mass is 328 g/mol. The van der Waals surface area contributed by atoms with Gasteiger partial charge in [-0.3, -0.25) is 4.79 Å². The molecule has 5 heteroatoms. The average Bonchev–Trinajstić information content (AvgIpc) is 2.58. The van der Waals surface area contributed by atoms with E-state index in [1.54, 1.807) is 12.1 Å². The minimum absolute atomic E-state index is 0.0134. The third-order valence-electron chi connectivity index (χ3n) is 4.65. The molecule has 3 rings (SSSR count). The number of aromatic hydroxyl groups is 1. The van der Waals surface area contributed by atoms with Gasteiger partial charge in [0, 0.05) is 5.56 Å². The van der Waals surface area contributed by atoms with E-state index in [4.69, 9.17) is 9.47 Å². The van der Waals surface area contributed by atoms with E-state index in [2.05, 4.69) is 0 Å². The van der Waals surface area contributed by atoms with Gasteiger partial charge in [-0.2, -0.15) is 0 Å². The number of hydrogen-bond donors (Lipinski definition) is 2. The molecule has 24 heavy (non-hydrogen) atoms. The average molecular weight is 328 g/mol. The van der Waals surface area contributed by atoms with Gasteiger partial charge in [-0.25, -0.2) is 0 Å². The summed E-state index contributed by atoms with van der Waals surface area (Å²) in [7, 11) is 1.43. The quantitative estimate of drug-likeness (QED) is 0.884. The number of rotatable bonds is 3. The van der Waals surface area contributed by atoms with Crippen LogP contribution >= 0.6 is 0 Å². The van der Waals surface area contributed by atoms with Crippen molar-refractivity contribution in [2.45, 2.75) is 20.3 Å². The Bertz CT molecular complexity index is 785.